The quantitative estimate of drug-likeness (QED) is 0.455. The van der Waals surface area contributed by atoms with Crippen molar-refractivity contribution >= 4 is 47.6 Å². The van der Waals surface area contributed by atoms with Gasteiger partial charge in [-0.2, -0.15) is 0 Å². The Bertz CT molecular complexity index is 773. The van der Waals surface area contributed by atoms with E-state index < -0.39 is 0 Å². The number of imidazole rings is 1. The van der Waals surface area contributed by atoms with Crippen molar-refractivity contribution in [3.63, 3.8) is 0 Å². The Balaban J connectivity index is 0.00000169. The van der Waals surface area contributed by atoms with Gasteiger partial charge in [0.15, 0.2) is 5.16 Å². The molecule has 0 N–H and O–H groups in total. The van der Waals surface area contributed by atoms with Crippen LogP contribution in [0.5, 0.6) is 0 Å². The number of rotatable bonds is 8. The molecule has 1 heterocycles. The number of likely N-dealkylation sites (N-methyl/N-ethyl adjacent to an activating group) is 1. The highest BCUT2D eigenvalue weighted by molar-refractivity contribution is 7.98. The highest BCUT2D eigenvalue weighted by atomic mass is 35.5. The van der Waals surface area contributed by atoms with Gasteiger partial charge in [0.1, 0.15) is 0 Å². The number of halogens is 2. The minimum Gasteiger partial charge on any atom is -0.318 e. The highest BCUT2D eigenvalue weighted by Crippen LogP contribution is 2.26. The molecule has 142 valence electrons. The zero-order valence-electron chi connectivity index (χ0n) is 15.3. The minimum atomic E-state index is 0. The van der Waals surface area contributed by atoms with Crippen molar-refractivity contribution < 1.29 is 0 Å². The first kappa shape index (κ1) is 22.8. The van der Waals surface area contributed by atoms with Crippen LogP contribution < -0.4 is 0 Å². The zero-order chi connectivity index (χ0) is 16.8. The van der Waals surface area contributed by atoms with Crippen LogP contribution in [0.3, 0.4) is 0 Å². The van der Waals surface area contributed by atoms with E-state index in [1.54, 1.807) is 0 Å². The molecule has 0 aliphatic rings. The second kappa shape index (κ2) is 11.5. The van der Waals surface area contributed by atoms with Crippen molar-refractivity contribution in [3.05, 3.63) is 60.2 Å². The summed E-state index contributed by atoms with van der Waals surface area (Å²) in [6, 6.07) is 19.1. The molecule has 26 heavy (non-hydrogen) atoms. The normalized spacial score (nSPS) is 10.6. The van der Waals surface area contributed by atoms with Crippen LogP contribution in [0.15, 0.2) is 59.8 Å². The van der Waals surface area contributed by atoms with E-state index in [-0.39, 0.29) is 24.8 Å². The molecule has 0 aliphatic carbocycles. The van der Waals surface area contributed by atoms with Crippen LogP contribution in [0.1, 0.15) is 19.4 Å². The molecule has 1 aromatic heterocycles. The van der Waals surface area contributed by atoms with Crippen LogP contribution in [-0.4, -0.2) is 34.1 Å². The molecule has 0 fully saturated rings. The van der Waals surface area contributed by atoms with Crippen molar-refractivity contribution in [3.8, 4) is 0 Å². The molecule has 0 unspecified atom stereocenters. The molecule has 2 aromatic carbocycles. The summed E-state index contributed by atoms with van der Waals surface area (Å²) in [7, 11) is 0. The zero-order valence-corrected chi connectivity index (χ0v) is 17.7. The smallest absolute Gasteiger partial charge is 0.169 e. The number of hydrogen-bond acceptors (Lipinski definition) is 3. The summed E-state index contributed by atoms with van der Waals surface area (Å²) in [5.41, 5.74) is 3.66. The first-order valence-corrected chi connectivity index (χ1v) is 9.64. The maximum Gasteiger partial charge on any atom is 0.169 e. The Morgan fingerprint density at radius 2 is 1.58 bits per heavy atom. The van der Waals surface area contributed by atoms with E-state index >= 15 is 0 Å². The van der Waals surface area contributed by atoms with E-state index in [9.17, 15) is 0 Å². The standard InChI is InChI=1S/C20H25N3S.2ClH/c1-3-22(4-2)14-15-23-19-13-9-8-12-18(19)21-20(23)24-16-17-10-6-5-7-11-17;;/h5-13H,3-4,14-16H2,1-2H3;2*1H. The van der Waals surface area contributed by atoms with Crippen molar-refractivity contribution in [1.29, 1.82) is 0 Å². The molecule has 0 spiro atoms. The molecule has 0 atom stereocenters. The van der Waals surface area contributed by atoms with Crippen molar-refractivity contribution in [2.24, 2.45) is 0 Å². The lowest BCUT2D eigenvalue weighted by Gasteiger charge is -2.19. The Labute approximate surface area is 173 Å². The van der Waals surface area contributed by atoms with Crippen molar-refractivity contribution in [1.82, 2.24) is 14.5 Å². The first-order chi connectivity index (χ1) is 11.8. The van der Waals surface area contributed by atoms with Crippen LogP contribution in [0.2, 0.25) is 0 Å². The summed E-state index contributed by atoms with van der Waals surface area (Å²) in [5, 5.41) is 1.12. The third-order valence-electron chi connectivity index (χ3n) is 4.36. The molecule has 0 saturated carbocycles. The van der Waals surface area contributed by atoms with Gasteiger partial charge in [0, 0.05) is 18.8 Å². The van der Waals surface area contributed by atoms with Gasteiger partial charge < -0.3 is 9.47 Å². The average Bonchev–Trinajstić information content (AvgIpc) is 2.99. The predicted molar refractivity (Wildman–Crippen MR) is 118 cm³/mol. The fourth-order valence-electron chi connectivity index (χ4n) is 2.88. The van der Waals surface area contributed by atoms with E-state index in [0.717, 1.165) is 42.6 Å². The van der Waals surface area contributed by atoms with Crippen molar-refractivity contribution in [2.75, 3.05) is 19.6 Å². The van der Waals surface area contributed by atoms with Gasteiger partial charge in [-0.3, -0.25) is 0 Å². The highest BCUT2D eigenvalue weighted by Gasteiger charge is 2.12. The van der Waals surface area contributed by atoms with Gasteiger partial charge in [-0.25, -0.2) is 4.98 Å². The SMILES string of the molecule is CCN(CC)CCn1c(SCc2ccccc2)nc2ccccc21.Cl.Cl. The summed E-state index contributed by atoms with van der Waals surface area (Å²) in [5.74, 6) is 0.954. The summed E-state index contributed by atoms with van der Waals surface area (Å²) in [6.07, 6.45) is 0. The number of thioether (sulfide) groups is 1. The Hall–Kier alpha value is -1.20. The lowest BCUT2D eigenvalue weighted by Crippen LogP contribution is -2.27. The maximum atomic E-state index is 4.86. The third-order valence-corrected chi connectivity index (χ3v) is 5.41. The summed E-state index contributed by atoms with van der Waals surface area (Å²) >= 11 is 1.83. The second-order valence-corrected chi connectivity index (χ2v) is 6.78. The maximum absolute atomic E-state index is 4.86. The van der Waals surface area contributed by atoms with Crippen LogP contribution >= 0.6 is 36.6 Å². The van der Waals surface area contributed by atoms with E-state index in [4.69, 9.17) is 4.98 Å². The van der Waals surface area contributed by atoms with E-state index in [0.29, 0.717) is 0 Å². The fourth-order valence-corrected chi connectivity index (χ4v) is 3.88. The number of aromatic nitrogens is 2. The minimum absolute atomic E-state index is 0. The number of para-hydroxylation sites is 2. The molecule has 0 radical (unpaired) electrons. The summed E-state index contributed by atoms with van der Waals surface area (Å²) in [6.45, 7) is 8.68. The Morgan fingerprint density at radius 1 is 0.923 bits per heavy atom. The van der Waals surface area contributed by atoms with Crippen LogP contribution in [0, 0.1) is 0 Å². The summed E-state index contributed by atoms with van der Waals surface area (Å²) < 4.78 is 2.38. The molecular formula is C20H27Cl2N3S. The molecule has 0 amide bonds. The van der Waals surface area contributed by atoms with Gasteiger partial charge in [0.25, 0.3) is 0 Å². The van der Waals surface area contributed by atoms with Crippen LogP contribution in [0.25, 0.3) is 11.0 Å². The third kappa shape index (κ3) is 5.65. The lowest BCUT2D eigenvalue weighted by molar-refractivity contribution is 0.288. The lowest BCUT2D eigenvalue weighted by atomic mass is 10.2. The number of benzene rings is 2. The fraction of sp³-hybridized carbons (Fsp3) is 0.350. The molecule has 0 aliphatic heterocycles. The van der Waals surface area contributed by atoms with Gasteiger partial charge in [0.2, 0.25) is 0 Å². The molecule has 3 nitrogen and oxygen atoms in total. The molecule has 3 aromatic rings. The Morgan fingerprint density at radius 3 is 2.27 bits per heavy atom. The van der Waals surface area contributed by atoms with Gasteiger partial charge in [-0.05, 0) is 30.8 Å². The molecule has 3 rings (SSSR count). The van der Waals surface area contributed by atoms with E-state index in [2.05, 4.69) is 77.9 Å². The van der Waals surface area contributed by atoms with Gasteiger partial charge >= 0.3 is 0 Å². The number of hydrogen-bond donors (Lipinski definition) is 0. The van der Waals surface area contributed by atoms with Gasteiger partial charge in [-0.15, -0.1) is 24.8 Å². The van der Waals surface area contributed by atoms with Gasteiger partial charge in [0.05, 0.1) is 11.0 Å². The topological polar surface area (TPSA) is 21.1 Å². The second-order valence-electron chi connectivity index (χ2n) is 5.84. The van der Waals surface area contributed by atoms with E-state index in [1.807, 2.05) is 11.8 Å². The molecule has 0 bridgehead atoms. The Kier molecular flexibility index (Phi) is 10.1. The van der Waals surface area contributed by atoms with Crippen molar-refractivity contribution in [2.45, 2.75) is 31.3 Å². The van der Waals surface area contributed by atoms with Crippen LogP contribution in [-0.2, 0) is 12.3 Å². The average molecular weight is 412 g/mol. The first-order valence-electron chi connectivity index (χ1n) is 8.66. The van der Waals surface area contributed by atoms with E-state index in [1.165, 1.54) is 11.1 Å². The molecule has 0 saturated heterocycles. The summed E-state index contributed by atoms with van der Waals surface area (Å²) in [4.78, 5) is 7.32. The number of fused-ring (bicyclic) bond motifs is 1. The van der Waals surface area contributed by atoms with Crippen LogP contribution in [0.4, 0.5) is 0 Å². The van der Waals surface area contributed by atoms with Gasteiger partial charge in [-0.1, -0.05) is 68.1 Å². The number of nitrogens with zero attached hydrogens (tertiary/aromatic N) is 3. The predicted octanol–water partition coefficient (Wildman–Crippen LogP) is 5.51. The monoisotopic (exact) mass is 411 g/mol. The molecule has 6 heteroatoms. The largest absolute Gasteiger partial charge is 0.318 e. The molecular weight excluding hydrogens is 385 g/mol.